The van der Waals surface area contributed by atoms with Gasteiger partial charge in [0, 0.05) is 24.3 Å². The Balaban J connectivity index is 1.73. The van der Waals surface area contributed by atoms with Gasteiger partial charge in [0.05, 0.1) is 26.7 Å². The molecule has 0 bridgehead atoms. The van der Waals surface area contributed by atoms with Crippen LogP contribution < -0.4 is 4.74 Å². The van der Waals surface area contributed by atoms with Crippen LogP contribution in [0.15, 0.2) is 65.9 Å². The van der Waals surface area contributed by atoms with Crippen molar-refractivity contribution in [3.05, 3.63) is 72.2 Å². The molecule has 1 aromatic heterocycles. The van der Waals surface area contributed by atoms with E-state index in [1.165, 1.54) is 0 Å². The van der Waals surface area contributed by atoms with Crippen LogP contribution in [-0.2, 0) is 4.74 Å². The number of hydrogen-bond acceptors (Lipinski definition) is 5. The third-order valence-corrected chi connectivity index (χ3v) is 4.74. The molecule has 4 rings (SSSR count). The average molecular weight is 390 g/mol. The van der Waals surface area contributed by atoms with Crippen molar-refractivity contribution >= 4 is 17.9 Å². The molecule has 1 aliphatic heterocycles. The second kappa shape index (κ2) is 8.70. The third-order valence-electron chi connectivity index (χ3n) is 4.74. The fraction of sp³-hybridized carbons (Fsp3) is 0.227. The summed E-state index contributed by atoms with van der Waals surface area (Å²) in [7, 11) is 1.62. The van der Waals surface area contributed by atoms with E-state index >= 15 is 0 Å². The Hall–Kier alpha value is -3.45. The van der Waals surface area contributed by atoms with E-state index in [-0.39, 0.29) is 5.78 Å². The predicted octanol–water partition coefficient (Wildman–Crippen LogP) is 3.10. The number of carbonyl (C=O) groups is 1. The zero-order valence-electron chi connectivity index (χ0n) is 16.2. The van der Waals surface area contributed by atoms with Crippen molar-refractivity contribution in [2.75, 3.05) is 33.4 Å². The fourth-order valence-corrected chi connectivity index (χ4v) is 3.14. The Kier molecular flexibility index (Phi) is 5.67. The first-order valence-electron chi connectivity index (χ1n) is 9.44. The highest BCUT2D eigenvalue weighted by Crippen LogP contribution is 2.25. The van der Waals surface area contributed by atoms with E-state index in [0.29, 0.717) is 30.3 Å². The highest BCUT2D eigenvalue weighted by Gasteiger charge is 2.21. The van der Waals surface area contributed by atoms with Crippen LogP contribution in [0.2, 0.25) is 0 Å². The summed E-state index contributed by atoms with van der Waals surface area (Å²) in [6.45, 7) is 2.87. The molecule has 29 heavy (non-hydrogen) atoms. The lowest BCUT2D eigenvalue weighted by atomic mass is 10.1. The molecule has 1 aliphatic rings. The van der Waals surface area contributed by atoms with Crippen LogP contribution in [0.3, 0.4) is 0 Å². The van der Waals surface area contributed by atoms with Crippen LogP contribution in [-0.4, -0.2) is 60.0 Å². The molecular formula is C22H22N4O3. The Morgan fingerprint density at radius 2 is 1.83 bits per heavy atom. The van der Waals surface area contributed by atoms with Crippen LogP contribution in [0.5, 0.6) is 5.75 Å². The number of methoxy groups -OCH3 is 1. The molecule has 2 heterocycles. The Bertz CT molecular complexity index is 991. The maximum atomic E-state index is 13.3. The van der Waals surface area contributed by atoms with Gasteiger partial charge in [-0.3, -0.25) is 9.36 Å². The lowest BCUT2D eigenvalue weighted by Crippen LogP contribution is -2.35. The van der Waals surface area contributed by atoms with Gasteiger partial charge in [-0.2, -0.15) is 0 Å². The number of morpholine rings is 1. The number of aromatic nitrogens is 2. The lowest BCUT2D eigenvalue weighted by Gasteiger charge is -2.23. The Labute approximate surface area is 169 Å². The zero-order valence-corrected chi connectivity index (χ0v) is 16.2. The maximum absolute atomic E-state index is 13.3. The van der Waals surface area contributed by atoms with Gasteiger partial charge in [0.1, 0.15) is 17.8 Å². The molecule has 148 valence electrons. The summed E-state index contributed by atoms with van der Waals surface area (Å²) in [4.78, 5) is 24.3. The second-order valence-electron chi connectivity index (χ2n) is 6.57. The fourth-order valence-electron chi connectivity index (χ4n) is 3.14. The number of hydrogen-bond donors (Lipinski definition) is 0. The van der Waals surface area contributed by atoms with Crippen LogP contribution in [0.1, 0.15) is 16.1 Å². The van der Waals surface area contributed by atoms with Gasteiger partial charge in [0.25, 0.3) is 0 Å². The first-order chi connectivity index (χ1) is 14.3. The van der Waals surface area contributed by atoms with Crippen LogP contribution in [0.4, 0.5) is 5.82 Å². The van der Waals surface area contributed by atoms with Crippen molar-refractivity contribution in [1.82, 2.24) is 14.5 Å². The van der Waals surface area contributed by atoms with Gasteiger partial charge < -0.3 is 14.4 Å². The molecule has 1 saturated heterocycles. The van der Waals surface area contributed by atoms with E-state index in [1.54, 1.807) is 36.5 Å². The van der Waals surface area contributed by atoms with E-state index in [0.717, 1.165) is 24.5 Å². The van der Waals surface area contributed by atoms with Gasteiger partial charge in [-0.15, -0.1) is 0 Å². The van der Waals surface area contributed by atoms with Crippen LogP contribution in [0, 0.1) is 0 Å². The van der Waals surface area contributed by atoms with Crippen molar-refractivity contribution in [3.8, 4) is 11.4 Å². The largest absolute Gasteiger partial charge is 0.497 e. The van der Waals surface area contributed by atoms with Gasteiger partial charge in [0.15, 0.2) is 5.82 Å². The molecule has 0 saturated carbocycles. The van der Waals surface area contributed by atoms with E-state index in [9.17, 15) is 4.79 Å². The number of ether oxygens (including phenoxy) is 2. The molecule has 7 nitrogen and oxygen atoms in total. The molecule has 0 N–H and O–H groups in total. The quantitative estimate of drug-likeness (QED) is 0.368. The van der Waals surface area contributed by atoms with Crippen molar-refractivity contribution in [2.24, 2.45) is 4.99 Å². The number of ketones is 1. The van der Waals surface area contributed by atoms with Gasteiger partial charge in [-0.1, -0.05) is 30.3 Å². The summed E-state index contributed by atoms with van der Waals surface area (Å²) in [5, 5.41) is 0. The summed E-state index contributed by atoms with van der Waals surface area (Å²) in [6, 6.07) is 16.6. The summed E-state index contributed by atoms with van der Waals surface area (Å²) in [6.07, 6.45) is 3.37. The minimum absolute atomic E-state index is 0.131. The Morgan fingerprint density at radius 3 is 2.52 bits per heavy atom. The summed E-state index contributed by atoms with van der Waals surface area (Å²) in [5.41, 5.74) is 1.82. The third kappa shape index (κ3) is 4.20. The maximum Gasteiger partial charge on any atom is 0.213 e. The molecule has 1 fully saturated rings. The smallest absolute Gasteiger partial charge is 0.213 e. The van der Waals surface area contributed by atoms with E-state index in [2.05, 4.69) is 14.9 Å². The molecular weight excluding hydrogens is 368 g/mol. The van der Waals surface area contributed by atoms with Gasteiger partial charge in [0.2, 0.25) is 5.78 Å². The first kappa shape index (κ1) is 18.9. The monoisotopic (exact) mass is 390 g/mol. The number of nitrogens with zero attached hydrogens (tertiary/aromatic N) is 4. The van der Waals surface area contributed by atoms with Crippen molar-refractivity contribution < 1.29 is 14.3 Å². The van der Waals surface area contributed by atoms with Gasteiger partial charge in [-0.05, 0) is 24.3 Å². The SMILES string of the molecule is COc1ccc(-n2cnc(/N=C/N3CCOCC3)c2C(=O)c2ccccc2)cc1. The second-order valence-corrected chi connectivity index (χ2v) is 6.57. The predicted molar refractivity (Wildman–Crippen MR) is 111 cm³/mol. The molecule has 0 atom stereocenters. The summed E-state index contributed by atoms with van der Waals surface area (Å²) < 4.78 is 12.4. The van der Waals surface area contributed by atoms with Crippen molar-refractivity contribution in [1.29, 1.82) is 0 Å². The molecule has 3 aromatic rings. The minimum Gasteiger partial charge on any atom is -0.497 e. The van der Waals surface area contributed by atoms with Gasteiger partial charge >= 0.3 is 0 Å². The lowest BCUT2D eigenvalue weighted by molar-refractivity contribution is 0.0701. The minimum atomic E-state index is -0.131. The van der Waals surface area contributed by atoms with E-state index in [4.69, 9.17) is 9.47 Å². The summed E-state index contributed by atoms with van der Waals surface area (Å²) in [5.74, 6) is 1.00. The standard InChI is InChI=1S/C22H22N4O3/c1-28-19-9-7-18(8-10-19)26-16-24-22(23-15-25-11-13-29-14-12-25)20(26)21(27)17-5-3-2-4-6-17/h2-10,15-16H,11-14H2,1H3/b23-15+. The number of rotatable bonds is 6. The van der Waals surface area contributed by atoms with Crippen LogP contribution in [0.25, 0.3) is 5.69 Å². The van der Waals surface area contributed by atoms with E-state index < -0.39 is 0 Å². The molecule has 0 spiro atoms. The van der Waals surface area contributed by atoms with Crippen molar-refractivity contribution in [3.63, 3.8) is 0 Å². The molecule has 2 aromatic carbocycles. The average Bonchev–Trinajstić information content (AvgIpc) is 3.22. The number of imidazole rings is 1. The number of carbonyl (C=O) groups excluding carboxylic acids is 1. The van der Waals surface area contributed by atoms with E-state index in [1.807, 2.05) is 42.5 Å². The molecule has 7 heteroatoms. The normalized spacial score (nSPS) is 14.3. The zero-order chi connectivity index (χ0) is 20.1. The highest BCUT2D eigenvalue weighted by atomic mass is 16.5. The molecule has 0 amide bonds. The Morgan fingerprint density at radius 1 is 1.10 bits per heavy atom. The van der Waals surface area contributed by atoms with Crippen LogP contribution >= 0.6 is 0 Å². The molecule has 0 unspecified atom stereocenters. The topological polar surface area (TPSA) is 68.9 Å². The summed E-state index contributed by atoms with van der Waals surface area (Å²) >= 11 is 0. The van der Waals surface area contributed by atoms with Gasteiger partial charge in [-0.25, -0.2) is 9.98 Å². The molecule has 0 radical (unpaired) electrons. The number of aliphatic imine (C=N–C) groups is 1. The highest BCUT2D eigenvalue weighted by molar-refractivity contribution is 6.11. The molecule has 0 aliphatic carbocycles. The first-order valence-corrected chi connectivity index (χ1v) is 9.44. The number of benzene rings is 2. The van der Waals surface area contributed by atoms with Crippen molar-refractivity contribution in [2.45, 2.75) is 0 Å².